The van der Waals surface area contributed by atoms with Crippen LogP contribution in [0.25, 0.3) is 0 Å². The average Bonchev–Trinajstić information content (AvgIpc) is 2.54. The van der Waals surface area contributed by atoms with E-state index in [0.29, 0.717) is 0 Å². The van der Waals surface area contributed by atoms with Crippen LogP contribution in [0.5, 0.6) is 0 Å². The Balaban J connectivity index is 2.29. The zero-order chi connectivity index (χ0) is 9.64. The number of rotatable bonds is 2. The molecule has 0 spiro atoms. The van der Waals surface area contributed by atoms with Crippen LogP contribution in [0.15, 0.2) is 0 Å². The van der Waals surface area contributed by atoms with Crippen LogP contribution in [-0.4, -0.2) is 37.5 Å². The van der Waals surface area contributed by atoms with Crippen molar-refractivity contribution >= 4 is 0 Å². The van der Waals surface area contributed by atoms with Gasteiger partial charge in [0.1, 0.15) is 11.7 Å². The van der Waals surface area contributed by atoms with E-state index in [9.17, 15) is 0 Å². The Hall–Kier alpha value is -0.120. The second-order valence-electron chi connectivity index (χ2n) is 3.63. The predicted molar refractivity (Wildman–Crippen MR) is 46.2 cm³/mol. The van der Waals surface area contributed by atoms with Crippen LogP contribution in [-0.2, 0) is 9.47 Å². The van der Waals surface area contributed by atoms with E-state index in [4.69, 9.17) is 10.8 Å². The largest absolute Gasteiger partial charge is 0.377 e. The number of hydrogen-bond acceptors (Lipinski definition) is 3. The quantitative estimate of drug-likeness (QED) is 0.661. The molecule has 0 unspecified atom stereocenters. The molecule has 2 aliphatic heterocycles. The molecule has 0 aliphatic carbocycles. The van der Waals surface area contributed by atoms with Crippen LogP contribution in [0, 0.1) is 0 Å². The minimum atomic E-state index is -0.471. The van der Waals surface area contributed by atoms with E-state index in [-0.39, 0.29) is 23.8 Å². The van der Waals surface area contributed by atoms with Gasteiger partial charge in [0.05, 0.1) is 14.0 Å². The van der Waals surface area contributed by atoms with Gasteiger partial charge in [0, 0.05) is 13.2 Å². The Labute approximate surface area is 74.8 Å². The van der Waals surface area contributed by atoms with E-state index < -0.39 is 6.58 Å². The summed E-state index contributed by atoms with van der Waals surface area (Å²) in [6.07, 6.45) is 0.931. The molecule has 2 rings (SSSR count). The zero-order valence-corrected chi connectivity index (χ0v) is 7.83. The molecular weight excluding hydrogens is 154 g/mol. The first-order valence-corrected chi connectivity index (χ1v) is 4.54. The molecule has 12 heavy (non-hydrogen) atoms. The summed E-state index contributed by atoms with van der Waals surface area (Å²) in [5.41, 5.74) is -0.272. The summed E-state index contributed by atoms with van der Waals surface area (Å²) in [5, 5.41) is 3.36. The highest BCUT2D eigenvalue weighted by Crippen LogP contribution is 2.40. The molecule has 5 atom stereocenters. The Kier molecular flexibility index (Phi) is 1.63. The molecule has 0 aromatic carbocycles. The molecule has 2 heterocycles. The fourth-order valence-electron chi connectivity index (χ4n) is 2.48. The zero-order valence-electron chi connectivity index (χ0n) is 8.83. The minimum Gasteiger partial charge on any atom is -0.377 e. The van der Waals surface area contributed by atoms with E-state index >= 15 is 0 Å². The summed E-state index contributed by atoms with van der Waals surface area (Å²) >= 11 is 0. The fraction of sp³-hybridized carbons (Fsp3) is 1.00. The van der Waals surface area contributed by atoms with E-state index in [1.165, 1.54) is 0 Å². The summed E-state index contributed by atoms with van der Waals surface area (Å²) in [6, 6.07) is 0.328. The number of ether oxygens (including phenoxy) is 2. The van der Waals surface area contributed by atoms with Gasteiger partial charge in [-0.3, -0.25) is 0 Å². The van der Waals surface area contributed by atoms with Crippen LogP contribution in [0.1, 0.15) is 21.6 Å². The van der Waals surface area contributed by atoms with Gasteiger partial charge in [-0.2, -0.15) is 0 Å². The Morgan fingerprint density at radius 3 is 3.08 bits per heavy atom. The standard InChI is InChI=1S/C9H17NO2/c1-4-9-6(2)10-7(5-12-9)8(9)11-3/h6-8,10H,4-5H2,1-3H3/t6-,7-,8-,9-/m0/s1/i5T/t5-,6-,7-,8-,9-. The Bertz CT molecular complexity index is 214. The summed E-state index contributed by atoms with van der Waals surface area (Å²) in [4.78, 5) is 0. The van der Waals surface area contributed by atoms with E-state index in [1.54, 1.807) is 7.11 Å². The Morgan fingerprint density at radius 2 is 2.58 bits per heavy atom. The monoisotopic (exact) mass is 173 g/mol. The van der Waals surface area contributed by atoms with Crippen LogP contribution >= 0.6 is 0 Å². The van der Waals surface area contributed by atoms with E-state index in [1.807, 2.05) is 0 Å². The first-order valence-electron chi connectivity index (χ1n) is 5.12. The van der Waals surface area contributed by atoms with Crippen LogP contribution in [0.2, 0.25) is 0 Å². The predicted octanol–water partition coefficient (Wildman–Crippen LogP) is 0.541. The number of fused-ring (bicyclic) bond motifs is 2. The van der Waals surface area contributed by atoms with Gasteiger partial charge in [0.2, 0.25) is 0 Å². The molecule has 0 saturated carbocycles. The molecule has 3 heteroatoms. The second kappa shape index (κ2) is 2.69. The molecule has 3 nitrogen and oxygen atoms in total. The third-order valence-corrected chi connectivity index (χ3v) is 3.22. The van der Waals surface area contributed by atoms with Crippen molar-refractivity contribution in [3.8, 4) is 0 Å². The van der Waals surface area contributed by atoms with Crippen molar-refractivity contribution < 1.29 is 10.8 Å². The highest BCUT2D eigenvalue weighted by atomic mass is 16.6. The third-order valence-electron chi connectivity index (χ3n) is 3.22. The first kappa shape index (κ1) is 7.30. The molecule has 2 fully saturated rings. The summed E-state index contributed by atoms with van der Waals surface area (Å²) in [7, 11) is 1.70. The molecule has 70 valence electrons. The molecule has 2 aliphatic rings. The molecule has 0 radical (unpaired) electrons. The molecule has 1 N–H and O–H groups in total. The maximum absolute atomic E-state index is 7.71. The van der Waals surface area contributed by atoms with Crippen molar-refractivity contribution in [2.75, 3.05) is 13.7 Å². The van der Waals surface area contributed by atoms with Crippen molar-refractivity contribution in [2.45, 2.75) is 44.1 Å². The first-order chi connectivity index (χ1) is 6.15. The lowest BCUT2D eigenvalue weighted by molar-refractivity contribution is -0.0824. The highest BCUT2D eigenvalue weighted by molar-refractivity contribution is 5.13. The van der Waals surface area contributed by atoms with Crippen molar-refractivity contribution in [3.63, 3.8) is 0 Å². The van der Waals surface area contributed by atoms with Crippen LogP contribution < -0.4 is 5.32 Å². The number of nitrogens with one attached hydrogen (secondary N) is 1. The number of hydrogen-bond donors (Lipinski definition) is 1. The van der Waals surface area contributed by atoms with Gasteiger partial charge in [0.25, 0.3) is 0 Å². The summed E-state index contributed by atoms with van der Waals surface area (Å²) < 4.78 is 18.8. The molecule has 0 amide bonds. The third kappa shape index (κ3) is 0.817. The molecule has 0 aromatic rings. The SMILES string of the molecule is [3H][C@@H]1O[C@@]2(CC)[C@H](C)N[C@@H]1[C@@H]2OC. The van der Waals surface area contributed by atoms with Gasteiger partial charge in [-0.25, -0.2) is 0 Å². The van der Waals surface area contributed by atoms with Gasteiger partial charge in [-0.15, -0.1) is 0 Å². The lowest BCUT2D eigenvalue weighted by Gasteiger charge is -2.33. The topological polar surface area (TPSA) is 30.5 Å². The molecular formula is C9H17NO2. The molecule has 2 saturated heterocycles. The molecule has 0 aromatic heterocycles. The van der Waals surface area contributed by atoms with Crippen molar-refractivity contribution in [3.05, 3.63) is 0 Å². The van der Waals surface area contributed by atoms with Gasteiger partial charge < -0.3 is 14.8 Å². The van der Waals surface area contributed by atoms with Gasteiger partial charge in [-0.05, 0) is 13.3 Å². The van der Waals surface area contributed by atoms with Gasteiger partial charge >= 0.3 is 0 Å². The fourth-order valence-corrected chi connectivity index (χ4v) is 2.48. The Morgan fingerprint density at radius 1 is 1.83 bits per heavy atom. The maximum atomic E-state index is 7.71. The van der Waals surface area contributed by atoms with Gasteiger partial charge in [0.15, 0.2) is 0 Å². The lowest BCUT2D eigenvalue weighted by Crippen LogP contribution is -2.48. The van der Waals surface area contributed by atoms with Crippen molar-refractivity contribution in [1.82, 2.24) is 5.32 Å². The van der Waals surface area contributed by atoms with Crippen LogP contribution in [0.3, 0.4) is 0 Å². The van der Waals surface area contributed by atoms with Crippen molar-refractivity contribution in [1.29, 1.82) is 0 Å². The number of morpholine rings is 1. The highest BCUT2D eigenvalue weighted by Gasteiger charge is 2.58. The minimum absolute atomic E-state index is 0.0370. The van der Waals surface area contributed by atoms with Gasteiger partial charge in [-0.1, -0.05) is 6.92 Å². The van der Waals surface area contributed by atoms with E-state index in [2.05, 4.69) is 19.2 Å². The molecule has 2 bridgehead atoms. The van der Waals surface area contributed by atoms with Crippen molar-refractivity contribution in [2.24, 2.45) is 0 Å². The van der Waals surface area contributed by atoms with E-state index in [0.717, 1.165) is 6.42 Å². The average molecular weight is 173 g/mol. The lowest BCUT2D eigenvalue weighted by atomic mass is 9.90. The smallest absolute Gasteiger partial charge is 0.111 e. The summed E-state index contributed by atoms with van der Waals surface area (Å²) in [6.45, 7) is 3.72. The maximum Gasteiger partial charge on any atom is 0.111 e. The number of methoxy groups -OCH3 is 1. The normalized spacial score (nSPS) is 59.1. The second-order valence-corrected chi connectivity index (χ2v) is 3.63. The van der Waals surface area contributed by atoms with Crippen LogP contribution in [0.4, 0.5) is 0 Å². The summed E-state index contributed by atoms with van der Waals surface area (Å²) in [5.74, 6) is 0.